The van der Waals surface area contributed by atoms with Crippen LogP contribution in [0, 0.1) is 11.8 Å². The number of nitrogens with zero attached hydrogens (tertiary/aromatic N) is 2. The molecule has 0 aliphatic carbocycles. The minimum absolute atomic E-state index is 0.0156. The van der Waals surface area contributed by atoms with Gasteiger partial charge in [0, 0.05) is 19.3 Å². The van der Waals surface area contributed by atoms with E-state index in [1.165, 1.54) is 0 Å². The molecule has 6 heteroatoms. The van der Waals surface area contributed by atoms with E-state index in [0.717, 1.165) is 5.69 Å². The molecule has 2 N–H and O–H groups in total. The monoisotopic (exact) mass is 263 g/mol. The summed E-state index contributed by atoms with van der Waals surface area (Å²) in [4.78, 5) is 28.6. The fourth-order valence-corrected chi connectivity index (χ4v) is 2.23. The Morgan fingerprint density at radius 3 is 2.84 bits per heavy atom. The number of aliphatic carboxylic acids is 1. The molecule has 102 valence electrons. The Labute approximate surface area is 111 Å². The third-order valence-electron chi connectivity index (χ3n) is 3.36. The molecule has 1 aromatic heterocycles. The summed E-state index contributed by atoms with van der Waals surface area (Å²) < 4.78 is 0. The highest BCUT2D eigenvalue weighted by Gasteiger charge is 2.36. The van der Waals surface area contributed by atoms with Gasteiger partial charge in [0.25, 0.3) is 0 Å². The first-order chi connectivity index (χ1) is 9.08. The summed E-state index contributed by atoms with van der Waals surface area (Å²) in [5.41, 5.74) is 0.776. The van der Waals surface area contributed by atoms with Crippen molar-refractivity contribution in [1.29, 1.82) is 0 Å². The molecular formula is C13H17N3O3. The highest BCUT2D eigenvalue weighted by molar-refractivity contribution is 5.77. The maximum atomic E-state index is 11.9. The van der Waals surface area contributed by atoms with Gasteiger partial charge in [0.1, 0.15) is 0 Å². The molecule has 2 rings (SSSR count). The molecule has 0 spiro atoms. The van der Waals surface area contributed by atoms with Gasteiger partial charge in [-0.2, -0.15) is 0 Å². The van der Waals surface area contributed by atoms with E-state index in [9.17, 15) is 9.59 Å². The molecule has 0 radical (unpaired) electrons. The maximum Gasteiger partial charge on any atom is 0.317 e. The van der Waals surface area contributed by atoms with Crippen molar-refractivity contribution >= 4 is 12.0 Å². The lowest BCUT2D eigenvalue weighted by Crippen LogP contribution is -2.38. The lowest BCUT2D eigenvalue weighted by atomic mass is 9.99. The van der Waals surface area contributed by atoms with Crippen LogP contribution >= 0.6 is 0 Å². The number of pyridine rings is 1. The number of urea groups is 1. The fraction of sp³-hybridized carbons (Fsp3) is 0.462. The van der Waals surface area contributed by atoms with Crippen molar-refractivity contribution in [3.05, 3.63) is 30.1 Å². The number of likely N-dealkylation sites (tertiary alicyclic amines) is 1. The third-order valence-corrected chi connectivity index (χ3v) is 3.36. The van der Waals surface area contributed by atoms with Crippen LogP contribution in [0.15, 0.2) is 24.4 Å². The van der Waals surface area contributed by atoms with Crippen molar-refractivity contribution in [3.63, 3.8) is 0 Å². The second-order valence-electron chi connectivity index (χ2n) is 4.81. The largest absolute Gasteiger partial charge is 0.481 e. The lowest BCUT2D eigenvalue weighted by molar-refractivity contribution is -0.142. The molecule has 0 aromatic carbocycles. The van der Waals surface area contributed by atoms with Crippen LogP contribution in [-0.2, 0) is 11.3 Å². The summed E-state index contributed by atoms with van der Waals surface area (Å²) in [5, 5.41) is 11.8. The van der Waals surface area contributed by atoms with Gasteiger partial charge in [-0.15, -0.1) is 0 Å². The van der Waals surface area contributed by atoms with Crippen LogP contribution in [0.3, 0.4) is 0 Å². The van der Waals surface area contributed by atoms with Gasteiger partial charge in [-0.25, -0.2) is 4.79 Å². The number of rotatable bonds is 3. The van der Waals surface area contributed by atoms with E-state index in [1.807, 2.05) is 25.1 Å². The third kappa shape index (κ3) is 3.21. The molecule has 6 nitrogen and oxygen atoms in total. The Morgan fingerprint density at radius 1 is 1.47 bits per heavy atom. The van der Waals surface area contributed by atoms with E-state index < -0.39 is 11.9 Å². The van der Waals surface area contributed by atoms with Crippen LogP contribution in [0.4, 0.5) is 4.79 Å². The molecule has 2 unspecified atom stereocenters. The van der Waals surface area contributed by atoms with E-state index in [2.05, 4.69) is 10.3 Å². The van der Waals surface area contributed by atoms with Crippen LogP contribution in [0.1, 0.15) is 12.6 Å². The number of carbonyl (C=O) groups excluding carboxylic acids is 1. The Kier molecular flexibility index (Phi) is 3.99. The smallest absolute Gasteiger partial charge is 0.317 e. The van der Waals surface area contributed by atoms with Crippen molar-refractivity contribution in [2.45, 2.75) is 13.5 Å². The molecule has 0 saturated carbocycles. The van der Waals surface area contributed by atoms with Crippen LogP contribution in [-0.4, -0.2) is 40.1 Å². The molecule has 2 amide bonds. The van der Waals surface area contributed by atoms with E-state index in [0.29, 0.717) is 13.1 Å². The molecule has 1 saturated heterocycles. The first-order valence-corrected chi connectivity index (χ1v) is 6.23. The van der Waals surface area contributed by atoms with Gasteiger partial charge in [-0.3, -0.25) is 9.78 Å². The first kappa shape index (κ1) is 13.3. The summed E-state index contributed by atoms with van der Waals surface area (Å²) in [6.45, 7) is 2.95. The average molecular weight is 263 g/mol. The summed E-state index contributed by atoms with van der Waals surface area (Å²) in [6.07, 6.45) is 1.67. The predicted molar refractivity (Wildman–Crippen MR) is 68.3 cm³/mol. The maximum absolute atomic E-state index is 11.9. The summed E-state index contributed by atoms with van der Waals surface area (Å²) in [6, 6.07) is 5.26. The molecule has 1 aromatic rings. The Balaban J connectivity index is 1.86. The zero-order chi connectivity index (χ0) is 13.8. The number of hydrogen-bond donors (Lipinski definition) is 2. The van der Waals surface area contributed by atoms with Gasteiger partial charge in [-0.1, -0.05) is 13.0 Å². The van der Waals surface area contributed by atoms with E-state index >= 15 is 0 Å². The van der Waals surface area contributed by atoms with E-state index in [1.54, 1.807) is 11.1 Å². The number of carbonyl (C=O) groups is 2. The predicted octanol–water partition coefficient (Wildman–Crippen LogP) is 0.944. The number of carboxylic acids is 1. The second-order valence-corrected chi connectivity index (χ2v) is 4.81. The van der Waals surface area contributed by atoms with E-state index in [-0.39, 0.29) is 18.5 Å². The van der Waals surface area contributed by atoms with Gasteiger partial charge in [0.15, 0.2) is 0 Å². The molecule has 2 atom stereocenters. The molecule has 19 heavy (non-hydrogen) atoms. The molecule has 1 aliphatic heterocycles. The van der Waals surface area contributed by atoms with Crippen molar-refractivity contribution in [3.8, 4) is 0 Å². The first-order valence-electron chi connectivity index (χ1n) is 6.23. The molecule has 1 aliphatic rings. The molecule has 1 fully saturated rings. The minimum atomic E-state index is -0.840. The highest BCUT2D eigenvalue weighted by Crippen LogP contribution is 2.22. The van der Waals surface area contributed by atoms with Gasteiger partial charge < -0.3 is 15.3 Å². The van der Waals surface area contributed by atoms with Crippen molar-refractivity contribution in [1.82, 2.24) is 15.2 Å². The average Bonchev–Trinajstić information content (AvgIpc) is 2.79. The van der Waals surface area contributed by atoms with Crippen LogP contribution in [0.25, 0.3) is 0 Å². The van der Waals surface area contributed by atoms with Crippen LogP contribution < -0.4 is 5.32 Å². The topological polar surface area (TPSA) is 82.5 Å². The van der Waals surface area contributed by atoms with Crippen molar-refractivity contribution in [2.75, 3.05) is 13.1 Å². The van der Waals surface area contributed by atoms with Gasteiger partial charge in [-0.05, 0) is 18.1 Å². The summed E-state index contributed by atoms with van der Waals surface area (Å²) in [7, 11) is 0. The molecule has 2 heterocycles. The normalized spacial score (nSPS) is 22.3. The van der Waals surface area contributed by atoms with Crippen LogP contribution in [0.5, 0.6) is 0 Å². The fourth-order valence-electron chi connectivity index (χ4n) is 2.23. The highest BCUT2D eigenvalue weighted by atomic mass is 16.4. The Hall–Kier alpha value is -2.11. The molecular weight excluding hydrogens is 246 g/mol. The van der Waals surface area contributed by atoms with Crippen molar-refractivity contribution < 1.29 is 14.7 Å². The zero-order valence-electron chi connectivity index (χ0n) is 10.7. The quantitative estimate of drug-likeness (QED) is 0.850. The van der Waals surface area contributed by atoms with E-state index in [4.69, 9.17) is 5.11 Å². The Morgan fingerprint density at radius 2 is 2.26 bits per heavy atom. The number of carboxylic acid groups (broad SMARTS) is 1. The molecule has 0 bridgehead atoms. The minimum Gasteiger partial charge on any atom is -0.481 e. The SMILES string of the molecule is CC1CN(C(=O)NCc2ccccn2)CC1C(=O)O. The standard InChI is InChI=1S/C13H17N3O3/c1-9-7-16(8-11(9)12(17)18)13(19)15-6-10-4-2-3-5-14-10/h2-5,9,11H,6-8H2,1H3,(H,15,19)(H,17,18). The lowest BCUT2D eigenvalue weighted by Gasteiger charge is -2.16. The zero-order valence-corrected chi connectivity index (χ0v) is 10.7. The Bertz CT molecular complexity index is 463. The summed E-state index contributed by atoms with van der Waals surface area (Å²) >= 11 is 0. The van der Waals surface area contributed by atoms with Crippen molar-refractivity contribution in [2.24, 2.45) is 11.8 Å². The second kappa shape index (κ2) is 5.69. The van der Waals surface area contributed by atoms with Gasteiger partial charge >= 0.3 is 12.0 Å². The number of aromatic nitrogens is 1. The van der Waals surface area contributed by atoms with Gasteiger partial charge in [0.05, 0.1) is 18.2 Å². The summed E-state index contributed by atoms with van der Waals surface area (Å²) in [5.74, 6) is -1.33. The van der Waals surface area contributed by atoms with Crippen LogP contribution in [0.2, 0.25) is 0 Å². The number of amides is 2. The van der Waals surface area contributed by atoms with Gasteiger partial charge in [0.2, 0.25) is 0 Å². The number of nitrogens with one attached hydrogen (secondary N) is 1. The number of hydrogen-bond acceptors (Lipinski definition) is 3.